The molecule has 0 saturated heterocycles. The minimum absolute atomic E-state index is 0.0133. The highest BCUT2D eigenvalue weighted by molar-refractivity contribution is 6.32. The van der Waals surface area contributed by atoms with Crippen molar-refractivity contribution in [1.29, 1.82) is 0 Å². The number of carbonyl (C=O) groups excluding carboxylic acids is 1. The number of hydrogen-bond donors (Lipinski definition) is 2. The predicted octanol–water partition coefficient (Wildman–Crippen LogP) is 3.84. The van der Waals surface area contributed by atoms with E-state index >= 15 is 0 Å². The lowest BCUT2D eigenvalue weighted by molar-refractivity contribution is -0.115. The van der Waals surface area contributed by atoms with Gasteiger partial charge in [-0.1, -0.05) is 44.2 Å². The molecule has 0 saturated carbocycles. The Morgan fingerprint density at radius 1 is 1.37 bits per heavy atom. The van der Waals surface area contributed by atoms with E-state index in [0.717, 1.165) is 36.1 Å². The molecular weight excluding hydrogens is 262 g/mol. The van der Waals surface area contributed by atoms with Gasteiger partial charge in [0.05, 0.1) is 12.5 Å². The number of aliphatic hydroxyl groups is 1. The first-order valence-corrected chi connectivity index (χ1v) is 7.30. The highest BCUT2D eigenvalue weighted by Crippen LogP contribution is 2.34. The molecule has 1 aliphatic rings. The van der Waals surface area contributed by atoms with E-state index in [2.05, 4.69) is 12.2 Å². The van der Waals surface area contributed by atoms with Gasteiger partial charge in [0.2, 0.25) is 5.91 Å². The van der Waals surface area contributed by atoms with E-state index in [-0.39, 0.29) is 5.91 Å². The Labute approximate surface area is 119 Å². The molecule has 1 unspecified atom stereocenters. The van der Waals surface area contributed by atoms with Gasteiger partial charge in [-0.3, -0.25) is 4.79 Å². The third-order valence-corrected chi connectivity index (χ3v) is 3.87. The number of fused-ring (bicyclic) bond motifs is 1. The summed E-state index contributed by atoms with van der Waals surface area (Å²) in [5.74, 6) is -0.0133. The van der Waals surface area contributed by atoms with Crippen LogP contribution in [0.15, 0.2) is 12.1 Å². The molecule has 0 radical (unpaired) electrons. The molecule has 2 N–H and O–H groups in total. The Kier molecular flexibility index (Phi) is 4.83. The molecule has 1 amide bonds. The highest BCUT2D eigenvalue weighted by Gasteiger charge is 2.21. The Balaban J connectivity index is 2.04. The molecule has 1 aromatic rings. The number of aliphatic hydroxyl groups excluding tert-OH is 1. The molecular formula is C15H20ClNO2. The van der Waals surface area contributed by atoms with Crippen molar-refractivity contribution in [3.63, 3.8) is 0 Å². The van der Waals surface area contributed by atoms with Crippen LogP contribution in [0.2, 0.25) is 5.02 Å². The van der Waals surface area contributed by atoms with Crippen molar-refractivity contribution in [3.05, 3.63) is 28.3 Å². The summed E-state index contributed by atoms with van der Waals surface area (Å²) < 4.78 is 0. The lowest BCUT2D eigenvalue weighted by Crippen LogP contribution is -2.03. The molecule has 0 spiro atoms. The summed E-state index contributed by atoms with van der Waals surface area (Å²) in [6.45, 7) is 2.16. The second kappa shape index (κ2) is 6.40. The van der Waals surface area contributed by atoms with Crippen LogP contribution in [0.5, 0.6) is 0 Å². The van der Waals surface area contributed by atoms with Crippen LogP contribution in [0.25, 0.3) is 0 Å². The minimum atomic E-state index is -0.537. The molecule has 4 heteroatoms. The van der Waals surface area contributed by atoms with Gasteiger partial charge in [-0.25, -0.2) is 0 Å². The number of unbranched alkanes of at least 4 members (excludes halogenated alkanes) is 3. The molecule has 0 fully saturated rings. The lowest BCUT2D eigenvalue weighted by Gasteiger charge is -2.14. The normalized spacial score (nSPS) is 15.2. The molecule has 1 aliphatic heterocycles. The molecule has 0 aliphatic carbocycles. The first-order valence-electron chi connectivity index (χ1n) is 6.92. The van der Waals surface area contributed by atoms with E-state index in [1.54, 1.807) is 6.07 Å². The highest BCUT2D eigenvalue weighted by atomic mass is 35.5. The van der Waals surface area contributed by atoms with Gasteiger partial charge in [0.15, 0.2) is 0 Å². The molecule has 19 heavy (non-hydrogen) atoms. The van der Waals surface area contributed by atoms with Gasteiger partial charge >= 0.3 is 0 Å². The average molecular weight is 282 g/mol. The van der Waals surface area contributed by atoms with Gasteiger partial charge in [0.1, 0.15) is 0 Å². The van der Waals surface area contributed by atoms with Crippen LogP contribution >= 0.6 is 11.6 Å². The van der Waals surface area contributed by atoms with Crippen LogP contribution in [0.3, 0.4) is 0 Å². The Morgan fingerprint density at radius 3 is 2.89 bits per heavy atom. The minimum Gasteiger partial charge on any atom is -0.388 e. The van der Waals surface area contributed by atoms with Crippen molar-refractivity contribution in [2.24, 2.45) is 0 Å². The van der Waals surface area contributed by atoms with E-state index in [0.29, 0.717) is 11.4 Å². The Bertz CT molecular complexity index is 473. The number of anilines is 1. The third-order valence-electron chi connectivity index (χ3n) is 3.54. The summed E-state index contributed by atoms with van der Waals surface area (Å²) in [5.41, 5.74) is 2.45. The molecule has 1 aromatic carbocycles. The van der Waals surface area contributed by atoms with E-state index in [4.69, 9.17) is 11.6 Å². The SMILES string of the molecule is CCCCCCC(O)c1cc2c(cc1Cl)NC(=O)C2. The first kappa shape index (κ1) is 14.4. The molecule has 3 nitrogen and oxygen atoms in total. The van der Waals surface area contributed by atoms with Crippen molar-refractivity contribution in [2.45, 2.75) is 51.6 Å². The molecule has 1 heterocycles. The second-order valence-electron chi connectivity index (χ2n) is 5.12. The zero-order valence-electron chi connectivity index (χ0n) is 11.2. The Morgan fingerprint density at radius 2 is 2.16 bits per heavy atom. The molecule has 0 aromatic heterocycles. The van der Waals surface area contributed by atoms with E-state index < -0.39 is 6.10 Å². The number of amides is 1. The summed E-state index contributed by atoms with van der Waals surface area (Å²) in [4.78, 5) is 11.3. The van der Waals surface area contributed by atoms with Crippen LogP contribution in [-0.2, 0) is 11.2 Å². The van der Waals surface area contributed by atoms with Gasteiger partial charge in [-0.2, -0.15) is 0 Å². The second-order valence-corrected chi connectivity index (χ2v) is 5.53. The Hall–Kier alpha value is -1.06. The first-order chi connectivity index (χ1) is 9.11. The monoisotopic (exact) mass is 281 g/mol. The van der Waals surface area contributed by atoms with Gasteiger partial charge in [0, 0.05) is 10.7 Å². The zero-order chi connectivity index (χ0) is 13.8. The van der Waals surface area contributed by atoms with Crippen LogP contribution in [0.4, 0.5) is 5.69 Å². The lowest BCUT2D eigenvalue weighted by atomic mass is 9.99. The fraction of sp³-hybridized carbons (Fsp3) is 0.533. The van der Waals surface area contributed by atoms with Crippen LogP contribution in [0.1, 0.15) is 56.3 Å². The van der Waals surface area contributed by atoms with Crippen molar-refractivity contribution in [3.8, 4) is 0 Å². The zero-order valence-corrected chi connectivity index (χ0v) is 12.0. The fourth-order valence-corrected chi connectivity index (χ4v) is 2.73. The van der Waals surface area contributed by atoms with Crippen molar-refractivity contribution >= 4 is 23.2 Å². The van der Waals surface area contributed by atoms with Gasteiger partial charge in [0.25, 0.3) is 0 Å². The molecule has 1 atom stereocenters. The largest absolute Gasteiger partial charge is 0.388 e. The van der Waals surface area contributed by atoms with Crippen LogP contribution < -0.4 is 5.32 Å². The van der Waals surface area contributed by atoms with Crippen molar-refractivity contribution in [2.75, 3.05) is 5.32 Å². The maximum atomic E-state index is 11.3. The number of nitrogens with one attached hydrogen (secondary N) is 1. The van der Waals surface area contributed by atoms with Crippen molar-refractivity contribution in [1.82, 2.24) is 0 Å². The number of rotatable bonds is 6. The number of halogens is 1. The maximum absolute atomic E-state index is 11.3. The standard InChI is InChI=1S/C15H20ClNO2/c1-2-3-4-5-6-14(18)11-7-10-8-15(19)17-13(10)9-12(11)16/h7,9,14,18H,2-6,8H2,1H3,(H,17,19). The number of carbonyl (C=O) groups is 1. The topological polar surface area (TPSA) is 49.3 Å². The van der Waals surface area contributed by atoms with Gasteiger partial charge in [-0.15, -0.1) is 0 Å². The number of benzene rings is 1. The van der Waals surface area contributed by atoms with Crippen molar-refractivity contribution < 1.29 is 9.90 Å². The van der Waals surface area contributed by atoms with Crippen LogP contribution in [0, 0.1) is 0 Å². The molecule has 0 bridgehead atoms. The van der Waals surface area contributed by atoms with E-state index in [1.807, 2.05) is 6.07 Å². The third kappa shape index (κ3) is 3.48. The summed E-state index contributed by atoms with van der Waals surface area (Å²) in [7, 11) is 0. The summed E-state index contributed by atoms with van der Waals surface area (Å²) in [6.07, 6.45) is 5.08. The van der Waals surface area contributed by atoms with E-state index in [9.17, 15) is 9.90 Å². The summed E-state index contributed by atoms with van der Waals surface area (Å²) >= 11 is 6.18. The molecule has 2 rings (SSSR count). The summed E-state index contributed by atoms with van der Waals surface area (Å²) in [5, 5.41) is 13.5. The van der Waals surface area contributed by atoms with E-state index in [1.165, 1.54) is 12.8 Å². The maximum Gasteiger partial charge on any atom is 0.228 e. The smallest absolute Gasteiger partial charge is 0.228 e. The van der Waals surface area contributed by atoms with Gasteiger partial charge in [-0.05, 0) is 29.7 Å². The average Bonchev–Trinajstić information content (AvgIpc) is 2.72. The quantitative estimate of drug-likeness (QED) is 0.779. The summed E-state index contributed by atoms with van der Waals surface area (Å²) in [6, 6.07) is 3.60. The van der Waals surface area contributed by atoms with Gasteiger partial charge < -0.3 is 10.4 Å². The molecule has 104 valence electrons. The fourth-order valence-electron chi connectivity index (χ4n) is 2.44. The van der Waals surface area contributed by atoms with Crippen LogP contribution in [-0.4, -0.2) is 11.0 Å². The number of hydrogen-bond acceptors (Lipinski definition) is 2. The predicted molar refractivity (Wildman–Crippen MR) is 77.5 cm³/mol.